The highest BCUT2D eigenvalue weighted by atomic mass is 16.1. The first-order valence-corrected chi connectivity index (χ1v) is 7.12. The van der Waals surface area contributed by atoms with E-state index in [0.29, 0.717) is 18.4 Å². The Morgan fingerprint density at radius 3 is 2.47 bits per heavy atom. The summed E-state index contributed by atoms with van der Waals surface area (Å²) >= 11 is 0. The van der Waals surface area contributed by atoms with Crippen LogP contribution in [-0.2, 0) is 11.2 Å². The Kier molecular flexibility index (Phi) is 7.19. The number of benzene rings is 1. The van der Waals surface area contributed by atoms with Crippen LogP contribution in [0, 0.1) is 5.92 Å². The molecule has 1 aromatic carbocycles. The van der Waals surface area contributed by atoms with Crippen molar-refractivity contribution in [3.8, 4) is 0 Å². The number of nitrogens with one attached hydrogen (secondary N) is 2. The lowest BCUT2D eigenvalue weighted by Gasteiger charge is -2.14. The molecule has 19 heavy (non-hydrogen) atoms. The highest BCUT2D eigenvalue weighted by molar-refractivity contribution is 5.76. The minimum Gasteiger partial charge on any atom is -0.356 e. The molecule has 3 heteroatoms. The third kappa shape index (κ3) is 7.62. The van der Waals surface area contributed by atoms with Crippen LogP contribution in [0.2, 0.25) is 0 Å². The van der Waals surface area contributed by atoms with E-state index in [9.17, 15) is 4.79 Å². The van der Waals surface area contributed by atoms with Gasteiger partial charge in [0.15, 0.2) is 0 Å². The topological polar surface area (TPSA) is 41.1 Å². The van der Waals surface area contributed by atoms with E-state index in [4.69, 9.17) is 0 Å². The first kappa shape index (κ1) is 15.7. The van der Waals surface area contributed by atoms with Gasteiger partial charge in [0.1, 0.15) is 0 Å². The van der Waals surface area contributed by atoms with Crippen molar-refractivity contribution in [3.63, 3.8) is 0 Å². The van der Waals surface area contributed by atoms with Crippen molar-refractivity contribution in [2.75, 3.05) is 13.1 Å². The molecule has 106 valence electrons. The van der Waals surface area contributed by atoms with E-state index < -0.39 is 0 Å². The molecule has 1 atom stereocenters. The summed E-state index contributed by atoms with van der Waals surface area (Å²) < 4.78 is 0. The lowest BCUT2D eigenvalue weighted by molar-refractivity contribution is -0.121. The molecule has 0 heterocycles. The molecule has 0 saturated heterocycles. The van der Waals surface area contributed by atoms with Crippen molar-refractivity contribution in [2.24, 2.45) is 5.92 Å². The maximum absolute atomic E-state index is 11.5. The van der Waals surface area contributed by atoms with Gasteiger partial charge in [0.25, 0.3) is 0 Å². The largest absolute Gasteiger partial charge is 0.356 e. The summed E-state index contributed by atoms with van der Waals surface area (Å²) in [4.78, 5) is 11.5. The molecule has 1 amide bonds. The quantitative estimate of drug-likeness (QED) is 0.755. The molecule has 0 aliphatic carbocycles. The van der Waals surface area contributed by atoms with E-state index in [0.717, 1.165) is 19.5 Å². The maximum Gasteiger partial charge on any atom is 0.221 e. The fourth-order valence-electron chi connectivity index (χ4n) is 1.88. The van der Waals surface area contributed by atoms with Crippen LogP contribution in [0.4, 0.5) is 0 Å². The highest BCUT2D eigenvalue weighted by Crippen LogP contribution is 2.02. The molecule has 1 rings (SSSR count). The Balaban J connectivity index is 2.13. The molecular formula is C16H26N2O. The van der Waals surface area contributed by atoms with Gasteiger partial charge >= 0.3 is 0 Å². The van der Waals surface area contributed by atoms with Gasteiger partial charge in [-0.1, -0.05) is 44.2 Å². The second-order valence-corrected chi connectivity index (χ2v) is 5.49. The van der Waals surface area contributed by atoms with Crippen LogP contribution in [0.25, 0.3) is 0 Å². The van der Waals surface area contributed by atoms with Crippen LogP contribution >= 0.6 is 0 Å². The monoisotopic (exact) mass is 262 g/mol. The van der Waals surface area contributed by atoms with Gasteiger partial charge < -0.3 is 10.6 Å². The first-order chi connectivity index (χ1) is 9.08. The van der Waals surface area contributed by atoms with Crippen LogP contribution in [0.5, 0.6) is 0 Å². The second kappa shape index (κ2) is 8.70. The summed E-state index contributed by atoms with van der Waals surface area (Å²) in [6.45, 7) is 7.84. The Bertz CT molecular complexity index is 362. The standard InChI is InChI=1S/C16H26N2O/c1-13(2)12-18-16(19)9-10-17-14(3)11-15-7-5-4-6-8-15/h4-8,13-14,17H,9-12H2,1-3H3,(H,18,19). The Labute approximate surface area is 116 Å². The van der Waals surface area contributed by atoms with Gasteiger partial charge in [-0.05, 0) is 24.8 Å². The van der Waals surface area contributed by atoms with Gasteiger partial charge in [-0.15, -0.1) is 0 Å². The van der Waals surface area contributed by atoms with Gasteiger partial charge in [0.2, 0.25) is 5.91 Å². The van der Waals surface area contributed by atoms with Crippen LogP contribution in [0.3, 0.4) is 0 Å². The molecule has 1 aromatic rings. The molecule has 1 unspecified atom stereocenters. The molecular weight excluding hydrogens is 236 g/mol. The number of carbonyl (C=O) groups excluding carboxylic acids is 1. The molecule has 2 N–H and O–H groups in total. The molecule has 0 aromatic heterocycles. The van der Waals surface area contributed by atoms with Crippen molar-refractivity contribution >= 4 is 5.91 Å². The van der Waals surface area contributed by atoms with Gasteiger partial charge in [-0.2, -0.15) is 0 Å². The lowest BCUT2D eigenvalue weighted by atomic mass is 10.1. The van der Waals surface area contributed by atoms with E-state index in [1.54, 1.807) is 0 Å². The average molecular weight is 262 g/mol. The second-order valence-electron chi connectivity index (χ2n) is 5.49. The fourth-order valence-corrected chi connectivity index (χ4v) is 1.88. The van der Waals surface area contributed by atoms with E-state index in [1.165, 1.54) is 5.56 Å². The molecule has 0 saturated carbocycles. The van der Waals surface area contributed by atoms with E-state index >= 15 is 0 Å². The number of rotatable bonds is 8. The summed E-state index contributed by atoms with van der Waals surface area (Å²) in [6.07, 6.45) is 1.54. The predicted octanol–water partition coefficient (Wildman–Crippen LogP) is 2.37. The Hall–Kier alpha value is -1.35. The number of amides is 1. The van der Waals surface area contributed by atoms with Crippen molar-refractivity contribution in [2.45, 2.75) is 39.7 Å². The molecule has 0 aliphatic heterocycles. The van der Waals surface area contributed by atoms with Gasteiger partial charge in [-0.25, -0.2) is 0 Å². The molecule has 0 radical (unpaired) electrons. The number of hydrogen-bond acceptors (Lipinski definition) is 2. The number of carbonyl (C=O) groups is 1. The molecule has 0 bridgehead atoms. The third-order valence-corrected chi connectivity index (χ3v) is 2.94. The predicted molar refractivity (Wildman–Crippen MR) is 80.1 cm³/mol. The van der Waals surface area contributed by atoms with E-state index in [2.05, 4.69) is 55.7 Å². The molecule has 0 aliphatic rings. The third-order valence-electron chi connectivity index (χ3n) is 2.94. The zero-order chi connectivity index (χ0) is 14.1. The summed E-state index contributed by atoms with van der Waals surface area (Å²) in [5, 5.41) is 6.32. The van der Waals surface area contributed by atoms with Crippen molar-refractivity contribution in [3.05, 3.63) is 35.9 Å². The van der Waals surface area contributed by atoms with Crippen molar-refractivity contribution in [1.82, 2.24) is 10.6 Å². The van der Waals surface area contributed by atoms with Gasteiger partial charge in [0, 0.05) is 25.6 Å². The van der Waals surface area contributed by atoms with Crippen LogP contribution < -0.4 is 10.6 Å². The van der Waals surface area contributed by atoms with Crippen molar-refractivity contribution < 1.29 is 4.79 Å². The lowest BCUT2D eigenvalue weighted by Crippen LogP contribution is -2.34. The summed E-state index contributed by atoms with van der Waals surface area (Å²) in [7, 11) is 0. The SMILES string of the molecule is CC(C)CNC(=O)CCNC(C)Cc1ccccc1. The van der Waals surface area contributed by atoms with E-state index in [-0.39, 0.29) is 5.91 Å². The van der Waals surface area contributed by atoms with Gasteiger partial charge in [0.05, 0.1) is 0 Å². The normalized spacial score (nSPS) is 12.4. The summed E-state index contributed by atoms with van der Waals surface area (Å²) in [6, 6.07) is 10.8. The highest BCUT2D eigenvalue weighted by Gasteiger charge is 2.05. The van der Waals surface area contributed by atoms with Crippen LogP contribution in [0.1, 0.15) is 32.8 Å². The zero-order valence-electron chi connectivity index (χ0n) is 12.3. The Morgan fingerprint density at radius 1 is 1.16 bits per heavy atom. The first-order valence-electron chi connectivity index (χ1n) is 7.12. The minimum atomic E-state index is 0.133. The summed E-state index contributed by atoms with van der Waals surface area (Å²) in [5.41, 5.74) is 1.33. The molecule has 3 nitrogen and oxygen atoms in total. The smallest absolute Gasteiger partial charge is 0.221 e. The minimum absolute atomic E-state index is 0.133. The maximum atomic E-state index is 11.5. The zero-order valence-corrected chi connectivity index (χ0v) is 12.3. The molecule has 0 spiro atoms. The van der Waals surface area contributed by atoms with E-state index in [1.807, 2.05) is 6.07 Å². The summed E-state index contributed by atoms with van der Waals surface area (Å²) in [5.74, 6) is 0.641. The Morgan fingerprint density at radius 2 is 1.84 bits per heavy atom. The van der Waals surface area contributed by atoms with Gasteiger partial charge in [-0.3, -0.25) is 4.79 Å². The van der Waals surface area contributed by atoms with Crippen LogP contribution in [0.15, 0.2) is 30.3 Å². The van der Waals surface area contributed by atoms with Crippen molar-refractivity contribution in [1.29, 1.82) is 0 Å². The molecule has 0 fully saturated rings. The van der Waals surface area contributed by atoms with Crippen LogP contribution in [-0.4, -0.2) is 25.0 Å². The number of hydrogen-bond donors (Lipinski definition) is 2. The average Bonchev–Trinajstić information content (AvgIpc) is 2.37. The fraction of sp³-hybridized carbons (Fsp3) is 0.562.